The van der Waals surface area contributed by atoms with Crippen molar-refractivity contribution in [3.8, 4) is 0 Å². The quantitative estimate of drug-likeness (QED) is 0.648. The first-order valence-electron chi connectivity index (χ1n) is 5.38. The van der Waals surface area contributed by atoms with Crippen molar-refractivity contribution >= 4 is 11.7 Å². The Hall–Kier alpha value is -1.40. The number of likely N-dealkylation sites (N-methyl/N-ethyl adjacent to an activating group) is 1. The lowest BCUT2D eigenvalue weighted by molar-refractivity contribution is -0.119. The van der Waals surface area contributed by atoms with Crippen LogP contribution in [0.25, 0.3) is 0 Å². The Morgan fingerprint density at radius 2 is 2.31 bits per heavy atom. The van der Waals surface area contributed by atoms with Gasteiger partial charge in [0.1, 0.15) is 5.82 Å². The van der Waals surface area contributed by atoms with E-state index >= 15 is 0 Å². The van der Waals surface area contributed by atoms with Crippen LogP contribution in [0.2, 0.25) is 0 Å². The molecule has 86 valence electrons. The van der Waals surface area contributed by atoms with Crippen LogP contribution in [-0.4, -0.2) is 28.8 Å². The number of aryl methyl sites for hydroxylation is 1. The van der Waals surface area contributed by atoms with Crippen LogP contribution in [-0.2, 0) is 29.3 Å². The number of hydrogen-bond donors (Lipinski definition) is 1. The van der Waals surface area contributed by atoms with E-state index in [-0.39, 0.29) is 5.91 Å². The summed E-state index contributed by atoms with van der Waals surface area (Å²) in [6, 6.07) is -0.426. The van der Waals surface area contributed by atoms with Crippen LogP contribution in [0.3, 0.4) is 0 Å². The molecule has 0 saturated heterocycles. The van der Waals surface area contributed by atoms with Gasteiger partial charge in [-0.05, 0) is 6.42 Å². The molecule has 1 aromatic heterocycles. The minimum Gasteiger partial charge on any atom is -0.370 e. The molecular weight excluding hydrogens is 208 g/mol. The van der Waals surface area contributed by atoms with E-state index in [1.807, 2.05) is 4.68 Å². The Labute approximate surface area is 93.0 Å². The highest BCUT2D eigenvalue weighted by atomic mass is 16.5. The molecule has 1 unspecified atom stereocenters. The molecule has 1 atom stereocenters. The summed E-state index contributed by atoms with van der Waals surface area (Å²) in [4.78, 5) is 13.5. The summed E-state index contributed by atoms with van der Waals surface area (Å²) in [5, 5.41) is 4.45. The summed E-state index contributed by atoms with van der Waals surface area (Å²) < 4.78 is 7.20. The molecule has 2 aliphatic rings. The number of aromatic nitrogens is 2. The fourth-order valence-electron chi connectivity index (χ4n) is 2.32. The normalized spacial score (nSPS) is 24.2. The fraction of sp³-hybridized carbons (Fsp3) is 0.600. The van der Waals surface area contributed by atoms with E-state index in [0.717, 1.165) is 17.1 Å². The van der Waals surface area contributed by atoms with Crippen molar-refractivity contribution in [2.75, 3.05) is 11.9 Å². The van der Waals surface area contributed by atoms with E-state index in [2.05, 4.69) is 5.10 Å². The van der Waals surface area contributed by atoms with Gasteiger partial charge < -0.3 is 10.5 Å². The number of hydrogen-bond acceptors (Lipinski definition) is 4. The van der Waals surface area contributed by atoms with Crippen LogP contribution in [0.4, 0.5) is 5.82 Å². The topological polar surface area (TPSA) is 73.4 Å². The van der Waals surface area contributed by atoms with Crippen molar-refractivity contribution in [1.82, 2.24) is 9.78 Å². The number of carbonyl (C=O) groups is 1. The van der Waals surface area contributed by atoms with E-state index in [4.69, 9.17) is 10.5 Å². The highest BCUT2D eigenvalue weighted by Crippen LogP contribution is 2.31. The predicted octanol–water partition coefficient (Wildman–Crippen LogP) is -0.393. The third-order valence-electron chi connectivity index (χ3n) is 3.21. The van der Waals surface area contributed by atoms with Crippen molar-refractivity contribution in [3.05, 3.63) is 11.3 Å². The molecule has 2 aliphatic heterocycles. The Morgan fingerprint density at radius 3 is 3.12 bits per heavy atom. The number of amides is 1. The molecule has 0 saturated carbocycles. The van der Waals surface area contributed by atoms with Gasteiger partial charge in [-0.1, -0.05) is 0 Å². The smallest absolute Gasteiger partial charge is 0.244 e. The van der Waals surface area contributed by atoms with Gasteiger partial charge in [0, 0.05) is 19.2 Å². The summed E-state index contributed by atoms with van der Waals surface area (Å²) in [6.07, 6.45) is 0.636. The van der Waals surface area contributed by atoms with E-state index in [1.54, 1.807) is 11.9 Å². The number of nitrogens with two attached hydrogens (primary N) is 1. The van der Waals surface area contributed by atoms with Gasteiger partial charge in [0.15, 0.2) is 0 Å². The summed E-state index contributed by atoms with van der Waals surface area (Å²) in [7, 11) is 1.75. The SMILES string of the molecule is CN1C(=O)C(N)CCn2nc3c(c21)COC3. The lowest BCUT2D eigenvalue weighted by Gasteiger charge is -2.18. The molecule has 1 amide bonds. The van der Waals surface area contributed by atoms with E-state index in [0.29, 0.717) is 26.2 Å². The molecular formula is C10H14N4O2. The van der Waals surface area contributed by atoms with Gasteiger partial charge in [0.25, 0.3) is 0 Å². The molecule has 1 aromatic rings. The third-order valence-corrected chi connectivity index (χ3v) is 3.21. The maximum Gasteiger partial charge on any atom is 0.244 e. The maximum absolute atomic E-state index is 11.9. The molecule has 0 bridgehead atoms. The zero-order valence-electron chi connectivity index (χ0n) is 9.14. The molecule has 16 heavy (non-hydrogen) atoms. The number of nitrogens with zero attached hydrogens (tertiary/aromatic N) is 3. The minimum atomic E-state index is -0.426. The van der Waals surface area contributed by atoms with Gasteiger partial charge in [-0.2, -0.15) is 5.10 Å². The Bertz CT molecular complexity index is 454. The second-order valence-corrected chi connectivity index (χ2v) is 4.26. The fourth-order valence-corrected chi connectivity index (χ4v) is 2.32. The molecule has 0 spiro atoms. The molecule has 3 heterocycles. The Kier molecular flexibility index (Phi) is 2.02. The molecule has 6 nitrogen and oxygen atoms in total. The minimum absolute atomic E-state index is 0.0478. The van der Waals surface area contributed by atoms with Crippen LogP contribution < -0.4 is 10.6 Å². The lowest BCUT2D eigenvalue weighted by atomic mass is 10.2. The summed E-state index contributed by atoms with van der Waals surface area (Å²) in [6.45, 7) is 1.78. The van der Waals surface area contributed by atoms with Crippen LogP contribution in [0.15, 0.2) is 0 Å². The summed E-state index contributed by atoms with van der Waals surface area (Å²) in [5.74, 6) is 0.804. The van der Waals surface area contributed by atoms with Crippen molar-refractivity contribution < 1.29 is 9.53 Å². The van der Waals surface area contributed by atoms with Gasteiger partial charge in [0.2, 0.25) is 5.91 Å². The number of carbonyl (C=O) groups excluding carboxylic acids is 1. The van der Waals surface area contributed by atoms with Crippen LogP contribution in [0.5, 0.6) is 0 Å². The maximum atomic E-state index is 11.9. The summed E-state index contributed by atoms with van der Waals surface area (Å²) in [5.41, 5.74) is 7.77. The van der Waals surface area contributed by atoms with Gasteiger partial charge in [-0.15, -0.1) is 0 Å². The van der Waals surface area contributed by atoms with Crippen molar-refractivity contribution in [2.24, 2.45) is 5.73 Å². The van der Waals surface area contributed by atoms with Crippen molar-refractivity contribution in [3.63, 3.8) is 0 Å². The van der Waals surface area contributed by atoms with Gasteiger partial charge in [-0.3, -0.25) is 9.69 Å². The largest absolute Gasteiger partial charge is 0.370 e. The molecule has 0 aromatic carbocycles. The van der Waals surface area contributed by atoms with Gasteiger partial charge in [-0.25, -0.2) is 4.68 Å². The summed E-state index contributed by atoms with van der Waals surface area (Å²) >= 11 is 0. The average Bonchev–Trinajstić information content (AvgIpc) is 2.80. The third kappa shape index (κ3) is 1.20. The molecule has 2 N–H and O–H groups in total. The first kappa shape index (κ1) is 9.80. The predicted molar refractivity (Wildman–Crippen MR) is 56.7 cm³/mol. The first-order chi connectivity index (χ1) is 7.68. The lowest BCUT2D eigenvalue weighted by Crippen LogP contribution is -2.40. The molecule has 3 rings (SSSR count). The molecule has 0 radical (unpaired) electrons. The number of anilines is 1. The second kappa shape index (κ2) is 3.29. The zero-order chi connectivity index (χ0) is 11.3. The number of rotatable bonds is 0. The van der Waals surface area contributed by atoms with Crippen LogP contribution >= 0.6 is 0 Å². The first-order valence-corrected chi connectivity index (χ1v) is 5.38. The van der Waals surface area contributed by atoms with Crippen molar-refractivity contribution in [1.29, 1.82) is 0 Å². The Morgan fingerprint density at radius 1 is 1.50 bits per heavy atom. The molecule has 0 aliphatic carbocycles. The van der Waals surface area contributed by atoms with Gasteiger partial charge >= 0.3 is 0 Å². The second-order valence-electron chi connectivity index (χ2n) is 4.26. The number of fused-ring (bicyclic) bond motifs is 3. The molecule has 6 heteroatoms. The number of ether oxygens (including phenoxy) is 1. The highest BCUT2D eigenvalue weighted by Gasteiger charge is 2.32. The molecule has 0 fully saturated rings. The highest BCUT2D eigenvalue weighted by molar-refractivity contribution is 5.97. The standard InChI is InChI=1S/C10H14N4O2/c1-13-9-6-4-16-5-8(6)12-14(9)3-2-7(11)10(13)15/h7H,2-5,11H2,1H3. The Balaban J connectivity index is 2.11. The van der Waals surface area contributed by atoms with Gasteiger partial charge in [0.05, 0.1) is 24.9 Å². The van der Waals surface area contributed by atoms with E-state index in [9.17, 15) is 4.79 Å². The van der Waals surface area contributed by atoms with E-state index < -0.39 is 6.04 Å². The van der Waals surface area contributed by atoms with E-state index in [1.165, 1.54) is 0 Å². The van der Waals surface area contributed by atoms with Crippen molar-refractivity contribution in [2.45, 2.75) is 32.2 Å². The van der Waals surface area contributed by atoms with Crippen LogP contribution in [0, 0.1) is 0 Å². The van der Waals surface area contributed by atoms with Crippen LogP contribution in [0.1, 0.15) is 17.7 Å². The zero-order valence-corrected chi connectivity index (χ0v) is 9.14. The average molecular weight is 222 g/mol. The monoisotopic (exact) mass is 222 g/mol.